The molecule has 29 heavy (non-hydrogen) atoms. The van der Waals surface area contributed by atoms with Gasteiger partial charge in [-0.3, -0.25) is 4.55 Å². The van der Waals surface area contributed by atoms with Crippen LogP contribution >= 0.6 is 0 Å². The number of aryl methyl sites for hydroxylation is 1. The molecule has 8 heteroatoms. The van der Waals surface area contributed by atoms with Crippen molar-refractivity contribution in [2.24, 2.45) is 0 Å². The molecule has 0 aliphatic rings. The van der Waals surface area contributed by atoms with Gasteiger partial charge >= 0.3 is 0 Å². The Bertz CT molecular complexity index is 1260. The SMILES string of the molecule is CCc1cc(CNc2ccc(-c3ccccc3S(=O)(=O)O)cc2)n2nccc2n1. The Kier molecular flexibility index (Phi) is 5.04. The van der Waals surface area contributed by atoms with Crippen molar-refractivity contribution in [1.29, 1.82) is 0 Å². The largest absolute Gasteiger partial charge is 0.379 e. The molecule has 4 rings (SSSR count). The normalized spacial score (nSPS) is 11.7. The van der Waals surface area contributed by atoms with Gasteiger partial charge in [-0.25, -0.2) is 9.50 Å². The van der Waals surface area contributed by atoms with Gasteiger partial charge in [0.1, 0.15) is 4.90 Å². The van der Waals surface area contributed by atoms with Gasteiger partial charge < -0.3 is 5.32 Å². The molecule has 0 fully saturated rings. The van der Waals surface area contributed by atoms with E-state index in [4.69, 9.17) is 0 Å². The molecule has 0 saturated carbocycles. The molecule has 0 amide bonds. The molecule has 0 aliphatic heterocycles. The second-order valence-corrected chi connectivity index (χ2v) is 7.99. The predicted molar refractivity (Wildman–Crippen MR) is 111 cm³/mol. The lowest BCUT2D eigenvalue weighted by Gasteiger charge is -2.11. The zero-order chi connectivity index (χ0) is 20.4. The van der Waals surface area contributed by atoms with E-state index in [0.29, 0.717) is 17.7 Å². The molecule has 0 radical (unpaired) electrons. The van der Waals surface area contributed by atoms with Gasteiger partial charge in [-0.05, 0) is 36.2 Å². The van der Waals surface area contributed by atoms with E-state index in [1.54, 1.807) is 24.4 Å². The molecular weight excluding hydrogens is 388 g/mol. The lowest BCUT2D eigenvalue weighted by molar-refractivity contribution is 0.483. The standard InChI is InChI=1S/C21H20N4O3S/c1-2-16-13-18(25-21(24-16)11-12-23-25)14-22-17-9-7-15(8-10-17)19-5-3-4-6-20(19)29(26,27)28/h3-13,22H,2,14H2,1H3,(H,26,27,28). The van der Waals surface area contributed by atoms with Gasteiger partial charge in [0, 0.05) is 23.0 Å². The zero-order valence-corrected chi connectivity index (χ0v) is 16.6. The number of hydrogen-bond donors (Lipinski definition) is 2. The van der Waals surface area contributed by atoms with Crippen LogP contribution in [0.15, 0.2) is 71.8 Å². The highest BCUT2D eigenvalue weighted by Crippen LogP contribution is 2.28. The average Bonchev–Trinajstić information content (AvgIpc) is 3.20. The third-order valence-corrected chi connectivity index (χ3v) is 5.59. The van der Waals surface area contributed by atoms with Crippen molar-refractivity contribution in [3.63, 3.8) is 0 Å². The molecule has 7 nitrogen and oxygen atoms in total. The fourth-order valence-electron chi connectivity index (χ4n) is 3.23. The van der Waals surface area contributed by atoms with E-state index in [1.165, 1.54) is 6.07 Å². The van der Waals surface area contributed by atoms with Crippen molar-refractivity contribution < 1.29 is 13.0 Å². The predicted octanol–water partition coefficient (Wildman–Crippen LogP) is 3.82. The van der Waals surface area contributed by atoms with Crippen LogP contribution in [-0.4, -0.2) is 27.6 Å². The molecule has 0 bridgehead atoms. The lowest BCUT2D eigenvalue weighted by Crippen LogP contribution is -2.08. The van der Waals surface area contributed by atoms with Crippen LogP contribution in [0.25, 0.3) is 16.8 Å². The van der Waals surface area contributed by atoms with Crippen molar-refractivity contribution in [3.8, 4) is 11.1 Å². The van der Waals surface area contributed by atoms with E-state index in [9.17, 15) is 13.0 Å². The highest BCUT2D eigenvalue weighted by atomic mass is 32.2. The Hall–Kier alpha value is -3.23. The van der Waals surface area contributed by atoms with Gasteiger partial charge in [0.05, 0.1) is 18.4 Å². The number of nitrogens with zero attached hydrogens (tertiary/aromatic N) is 3. The molecular formula is C21H20N4O3S. The number of fused-ring (bicyclic) bond motifs is 1. The maximum atomic E-state index is 11.6. The smallest absolute Gasteiger partial charge is 0.295 e. The Morgan fingerprint density at radius 2 is 1.83 bits per heavy atom. The van der Waals surface area contributed by atoms with E-state index in [0.717, 1.165) is 29.1 Å². The molecule has 0 saturated heterocycles. The third kappa shape index (κ3) is 3.98. The van der Waals surface area contributed by atoms with Crippen molar-refractivity contribution in [1.82, 2.24) is 14.6 Å². The summed E-state index contributed by atoms with van der Waals surface area (Å²) >= 11 is 0. The van der Waals surface area contributed by atoms with Crippen molar-refractivity contribution in [2.45, 2.75) is 24.8 Å². The minimum absolute atomic E-state index is 0.106. The second kappa shape index (κ2) is 7.65. The number of nitrogens with one attached hydrogen (secondary N) is 1. The van der Waals surface area contributed by atoms with E-state index < -0.39 is 10.1 Å². The van der Waals surface area contributed by atoms with E-state index in [-0.39, 0.29) is 4.90 Å². The molecule has 2 aromatic carbocycles. The van der Waals surface area contributed by atoms with Gasteiger partial charge in [-0.2, -0.15) is 13.5 Å². The first kappa shape index (κ1) is 19.1. The maximum Gasteiger partial charge on any atom is 0.295 e. The quantitative estimate of drug-likeness (QED) is 0.471. The van der Waals surface area contributed by atoms with Gasteiger partial charge in [-0.1, -0.05) is 37.3 Å². The van der Waals surface area contributed by atoms with Crippen molar-refractivity contribution in [2.75, 3.05) is 5.32 Å². The van der Waals surface area contributed by atoms with E-state index >= 15 is 0 Å². The highest BCUT2D eigenvalue weighted by Gasteiger charge is 2.15. The number of anilines is 1. The van der Waals surface area contributed by atoms with Gasteiger partial charge in [-0.15, -0.1) is 0 Å². The molecule has 148 valence electrons. The number of benzene rings is 2. The Morgan fingerprint density at radius 1 is 1.07 bits per heavy atom. The summed E-state index contributed by atoms with van der Waals surface area (Å²) in [6, 6.07) is 17.7. The second-order valence-electron chi connectivity index (χ2n) is 6.60. The summed E-state index contributed by atoms with van der Waals surface area (Å²) in [5, 5.41) is 7.69. The fraction of sp³-hybridized carbons (Fsp3) is 0.143. The molecule has 0 aliphatic carbocycles. The summed E-state index contributed by atoms with van der Waals surface area (Å²) in [6.07, 6.45) is 2.57. The summed E-state index contributed by atoms with van der Waals surface area (Å²) in [5.74, 6) is 0. The Labute approximate surface area is 168 Å². The third-order valence-electron chi connectivity index (χ3n) is 4.68. The van der Waals surface area contributed by atoms with Crippen LogP contribution in [-0.2, 0) is 23.1 Å². The summed E-state index contributed by atoms with van der Waals surface area (Å²) in [5.41, 5.74) is 4.87. The topological polar surface area (TPSA) is 96.6 Å². The van der Waals surface area contributed by atoms with Crippen molar-refractivity contribution in [3.05, 3.63) is 78.2 Å². The summed E-state index contributed by atoms with van der Waals surface area (Å²) in [7, 11) is -4.29. The van der Waals surface area contributed by atoms with Crippen molar-refractivity contribution >= 4 is 21.5 Å². The van der Waals surface area contributed by atoms with Crippen LogP contribution in [0.2, 0.25) is 0 Å². The number of rotatable bonds is 6. The van der Waals surface area contributed by atoms with E-state index in [2.05, 4.69) is 22.3 Å². The van der Waals surface area contributed by atoms with E-state index in [1.807, 2.05) is 40.9 Å². The van der Waals surface area contributed by atoms with Gasteiger partial charge in [0.2, 0.25) is 0 Å². The molecule has 2 heterocycles. The molecule has 4 aromatic rings. The first-order chi connectivity index (χ1) is 14.0. The average molecular weight is 408 g/mol. The Balaban J connectivity index is 1.57. The molecule has 2 aromatic heterocycles. The minimum atomic E-state index is -4.29. The number of aromatic nitrogens is 3. The summed E-state index contributed by atoms with van der Waals surface area (Å²) < 4.78 is 34.5. The first-order valence-electron chi connectivity index (χ1n) is 9.19. The minimum Gasteiger partial charge on any atom is -0.379 e. The lowest BCUT2D eigenvalue weighted by atomic mass is 10.1. The molecule has 0 unspecified atom stereocenters. The zero-order valence-electron chi connectivity index (χ0n) is 15.8. The molecule has 0 atom stereocenters. The highest BCUT2D eigenvalue weighted by molar-refractivity contribution is 7.86. The maximum absolute atomic E-state index is 11.6. The van der Waals surface area contributed by atoms with Crippen LogP contribution in [0, 0.1) is 0 Å². The van der Waals surface area contributed by atoms with Crippen LogP contribution in [0.4, 0.5) is 5.69 Å². The number of hydrogen-bond acceptors (Lipinski definition) is 5. The van der Waals surface area contributed by atoms with Gasteiger partial charge in [0.15, 0.2) is 5.65 Å². The van der Waals surface area contributed by atoms with Crippen LogP contribution in [0.5, 0.6) is 0 Å². The van der Waals surface area contributed by atoms with Crippen LogP contribution < -0.4 is 5.32 Å². The first-order valence-corrected chi connectivity index (χ1v) is 10.6. The van der Waals surface area contributed by atoms with Crippen LogP contribution in [0.1, 0.15) is 18.3 Å². The molecule has 2 N–H and O–H groups in total. The summed E-state index contributed by atoms with van der Waals surface area (Å²) in [6.45, 7) is 2.63. The monoisotopic (exact) mass is 408 g/mol. The molecule has 0 spiro atoms. The van der Waals surface area contributed by atoms with Crippen LogP contribution in [0.3, 0.4) is 0 Å². The van der Waals surface area contributed by atoms with Gasteiger partial charge in [0.25, 0.3) is 10.1 Å². The summed E-state index contributed by atoms with van der Waals surface area (Å²) in [4.78, 5) is 4.44. The Morgan fingerprint density at radius 3 is 2.55 bits per heavy atom. The fourth-order valence-corrected chi connectivity index (χ4v) is 3.95.